The molecule has 0 saturated heterocycles. The summed E-state index contributed by atoms with van der Waals surface area (Å²) >= 11 is 11.5. The van der Waals surface area contributed by atoms with E-state index in [1.54, 1.807) is 10.9 Å². The van der Waals surface area contributed by atoms with Crippen LogP contribution in [0.5, 0.6) is 0 Å². The summed E-state index contributed by atoms with van der Waals surface area (Å²) < 4.78 is 1.70. The van der Waals surface area contributed by atoms with Crippen molar-refractivity contribution in [2.24, 2.45) is 0 Å². The summed E-state index contributed by atoms with van der Waals surface area (Å²) in [5, 5.41) is 4.50. The van der Waals surface area contributed by atoms with Crippen LogP contribution in [0.1, 0.15) is 0 Å². The zero-order chi connectivity index (χ0) is 9.26. The van der Waals surface area contributed by atoms with Crippen LogP contribution in [-0.4, -0.2) is 25.6 Å². The van der Waals surface area contributed by atoms with E-state index < -0.39 is 0 Å². The predicted molar refractivity (Wildman–Crippen MR) is 51.1 cm³/mol. The molecule has 2 aromatic rings. The number of rotatable bonds is 2. The van der Waals surface area contributed by atoms with Gasteiger partial charge in [0.2, 0.25) is 0 Å². The summed E-state index contributed by atoms with van der Waals surface area (Å²) in [4.78, 5) is 7.90. The van der Waals surface area contributed by atoms with Crippen molar-refractivity contribution in [1.82, 2.24) is 19.7 Å². The first-order valence-electron chi connectivity index (χ1n) is 3.71. The second kappa shape index (κ2) is 3.47. The zero-order valence-electron chi connectivity index (χ0n) is 6.61. The molecule has 0 N–H and O–H groups in total. The van der Waals surface area contributed by atoms with Crippen LogP contribution in [0.15, 0.2) is 12.5 Å². The molecule has 0 aliphatic rings. The molecule has 0 aliphatic carbocycles. The van der Waals surface area contributed by atoms with E-state index in [1.807, 2.05) is 0 Å². The number of alkyl halides is 1. The van der Waals surface area contributed by atoms with E-state index in [-0.39, 0.29) is 0 Å². The number of halogens is 2. The second-order valence-corrected chi connectivity index (χ2v) is 3.19. The average Bonchev–Trinajstić information content (AvgIpc) is 2.51. The van der Waals surface area contributed by atoms with Gasteiger partial charge in [-0.25, -0.2) is 9.97 Å². The van der Waals surface area contributed by atoms with Crippen molar-refractivity contribution in [3.63, 3.8) is 0 Å². The quantitative estimate of drug-likeness (QED) is 0.568. The summed E-state index contributed by atoms with van der Waals surface area (Å²) in [5.74, 6) is 0.488. The van der Waals surface area contributed by atoms with E-state index in [1.165, 1.54) is 6.33 Å². The van der Waals surface area contributed by atoms with Crippen molar-refractivity contribution >= 4 is 34.2 Å². The molecule has 4 nitrogen and oxygen atoms in total. The Morgan fingerprint density at radius 2 is 2.23 bits per heavy atom. The number of hydrogen-bond donors (Lipinski definition) is 0. The van der Waals surface area contributed by atoms with Gasteiger partial charge in [0, 0.05) is 5.88 Å². The Kier molecular flexibility index (Phi) is 2.33. The summed E-state index contributed by atoms with van der Waals surface area (Å²) in [7, 11) is 0. The third-order valence-corrected chi connectivity index (χ3v) is 2.13. The van der Waals surface area contributed by atoms with E-state index in [2.05, 4.69) is 15.1 Å². The van der Waals surface area contributed by atoms with Crippen LogP contribution < -0.4 is 0 Å². The van der Waals surface area contributed by atoms with E-state index >= 15 is 0 Å². The highest BCUT2D eigenvalue weighted by Gasteiger charge is 2.07. The molecular weight excluding hydrogens is 211 g/mol. The molecule has 6 heteroatoms. The third kappa shape index (κ3) is 1.47. The maximum Gasteiger partial charge on any atom is 0.158 e. The Balaban J connectivity index is 2.64. The Morgan fingerprint density at radius 3 is 3.00 bits per heavy atom. The minimum Gasteiger partial charge on any atom is -0.259 e. The predicted octanol–water partition coefficient (Wildman–Crippen LogP) is 1.72. The van der Waals surface area contributed by atoms with Gasteiger partial charge in [0.25, 0.3) is 0 Å². The van der Waals surface area contributed by atoms with Crippen LogP contribution in [0, 0.1) is 0 Å². The van der Waals surface area contributed by atoms with Gasteiger partial charge in [-0.1, -0.05) is 11.6 Å². The van der Waals surface area contributed by atoms with E-state index in [9.17, 15) is 0 Å². The number of hydrogen-bond acceptors (Lipinski definition) is 3. The average molecular weight is 217 g/mol. The van der Waals surface area contributed by atoms with Crippen molar-refractivity contribution in [2.75, 3.05) is 5.88 Å². The van der Waals surface area contributed by atoms with Gasteiger partial charge in [0.05, 0.1) is 12.7 Å². The van der Waals surface area contributed by atoms with Gasteiger partial charge in [0.1, 0.15) is 17.4 Å². The van der Waals surface area contributed by atoms with Crippen LogP contribution in [-0.2, 0) is 6.54 Å². The van der Waals surface area contributed by atoms with Crippen molar-refractivity contribution in [3.8, 4) is 0 Å². The summed E-state index contributed by atoms with van der Waals surface area (Å²) in [6.45, 7) is 0.609. The lowest BCUT2D eigenvalue weighted by Crippen LogP contribution is -2.01. The van der Waals surface area contributed by atoms with Gasteiger partial charge in [0.15, 0.2) is 5.15 Å². The molecular formula is C7H6Cl2N4. The van der Waals surface area contributed by atoms with Crippen LogP contribution in [0.25, 0.3) is 11.0 Å². The van der Waals surface area contributed by atoms with Gasteiger partial charge >= 0.3 is 0 Å². The molecule has 68 valence electrons. The van der Waals surface area contributed by atoms with Crippen LogP contribution in [0.3, 0.4) is 0 Å². The second-order valence-electron chi connectivity index (χ2n) is 2.46. The largest absolute Gasteiger partial charge is 0.259 e. The fourth-order valence-corrected chi connectivity index (χ4v) is 1.53. The molecule has 0 radical (unpaired) electrons. The summed E-state index contributed by atoms with van der Waals surface area (Å²) in [6.07, 6.45) is 3.06. The highest BCUT2D eigenvalue weighted by molar-refractivity contribution is 6.33. The standard InChI is InChI=1S/C7H6Cl2N4/c8-1-2-13-6-5(3-12-13)10-4-11-7(6)9/h3-4H,1-2H2. The van der Waals surface area contributed by atoms with E-state index in [4.69, 9.17) is 23.2 Å². The first-order chi connectivity index (χ1) is 6.33. The van der Waals surface area contributed by atoms with Crippen molar-refractivity contribution in [3.05, 3.63) is 17.7 Å². The molecule has 0 aliphatic heterocycles. The minimum absolute atomic E-state index is 0.410. The fourth-order valence-electron chi connectivity index (χ4n) is 1.13. The lowest BCUT2D eigenvalue weighted by Gasteiger charge is -1.99. The highest BCUT2D eigenvalue weighted by Crippen LogP contribution is 2.18. The number of fused-ring (bicyclic) bond motifs is 1. The van der Waals surface area contributed by atoms with Gasteiger partial charge in [-0.2, -0.15) is 5.10 Å². The third-order valence-electron chi connectivity index (χ3n) is 1.68. The fraction of sp³-hybridized carbons (Fsp3) is 0.286. The Morgan fingerprint density at radius 1 is 1.38 bits per heavy atom. The monoisotopic (exact) mass is 216 g/mol. The summed E-state index contributed by atoms with van der Waals surface area (Å²) in [5.41, 5.74) is 1.48. The topological polar surface area (TPSA) is 43.6 Å². The van der Waals surface area contributed by atoms with Gasteiger partial charge < -0.3 is 0 Å². The molecule has 0 spiro atoms. The molecule has 2 heterocycles. The molecule has 2 rings (SSSR count). The van der Waals surface area contributed by atoms with Crippen molar-refractivity contribution in [1.29, 1.82) is 0 Å². The lowest BCUT2D eigenvalue weighted by atomic mass is 10.5. The molecule has 0 bridgehead atoms. The van der Waals surface area contributed by atoms with Gasteiger partial charge in [-0.05, 0) is 0 Å². The molecule has 0 saturated carbocycles. The smallest absolute Gasteiger partial charge is 0.158 e. The number of aryl methyl sites for hydroxylation is 1. The van der Waals surface area contributed by atoms with E-state index in [0.717, 1.165) is 11.0 Å². The van der Waals surface area contributed by atoms with Crippen LogP contribution in [0.2, 0.25) is 5.15 Å². The maximum atomic E-state index is 5.88. The Bertz CT molecular complexity index is 425. The zero-order valence-corrected chi connectivity index (χ0v) is 8.13. The molecule has 0 amide bonds. The summed E-state index contributed by atoms with van der Waals surface area (Å²) in [6, 6.07) is 0. The molecule has 13 heavy (non-hydrogen) atoms. The van der Waals surface area contributed by atoms with Gasteiger partial charge in [-0.3, -0.25) is 4.68 Å². The van der Waals surface area contributed by atoms with Crippen molar-refractivity contribution < 1.29 is 0 Å². The van der Waals surface area contributed by atoms with Gasteiger partial charge in [-0.15, -0.1) is 11.6 Å². The molecule has 0 atom stereocenters. The molecule has 2 aromatic heterocycles. The SMILES string of the molecule is ClCCn1ncc2ncnc(Cl)c21. The molecule has 0 fully saturated rings. The maximum absolute atomic E-state index is 5.88. The lowest BCUT2D eigenvalue weighted by molar-refractivity contribution is 0.687. The Labute approximate surface area is 84.5 Å². The molecule has 0 unspecified atom stereocenters. The Hall–Kier alpha value is -0.870. The molecule has 0 aromatic carbocycles. The van der Waals surface area contributed by atoms with E-state index in [0.29, 0.717) is 17.6 Å². The normalized spacial score (nSPS) is 10.9. The van der Waals surface area contributed by atoms with Crippen LogP contribution in [0.4, 0.5) is 0 Å². The van der Waals surface area contributed by atoms with Crippen LogP contribution >= 0.6 is 23.2 Å². The number of nitrogens with zero attached hydrogens (tertiary/aromatic N) is 4. The first kappa shape index (κ1) is 8.72. The number of aromatic nitrogens is 4. The van der Waals surface area contributed by atoms with Crippen molar-refractivity contribution in [2.45, 2.75) is 6.54 Å². The highest BCUT2D eigenvalue weighted by atomic mass is 35.5. The minimum atomic E-state index is 0.410. The first-order valence-corrected chi connectivity index (χ1v) is 4.62.